The number of ether oxygens (including phenoxy) is 2. The van der Waals surface area contributed by atoms with Gasteiger partial charge in [-0.3, -0.25) is 0 Å². The summed E-state index contributed by atoms with van der Waals surface area (Å²) in [6, 6.07) is 0. The summed E-state index contributed by atoms with van der Waals surface area (Å²) in [6.45, 7) is 11.8. The van der Waals surface area contributed by atoms with Crippen LogP contribution in [-0.4, -0.2) is 63.3 Å². The minimum atomic E-state index is -1.21. The molecule has 4 aliphatic carbocycles. The van der Waals surface area contributed by atoms with E-state index >= 15 is 0 Å². The van der Waals surface area contributed by atoms with E-state index in [2.05, 4.69) is 34.6 Å². The van der Waals surface area contributed by atoms with Crippen LogP contribution < -0.4 is 0 Å². The number of aliphatic hydroxyl groups is 4. The lowest BCUT2D eigenvalue weighted by atomic mass is 9.42. The van der Waals surface area contributed by atoms with Crippen molar-refractivity contribution >= 4 is 0 Å². The molecule has 1 heterocycles. The van der Waals surface area contributed by atoms with E-state index in [1.807, 2.05) is 0 Å². The first-order chi connectivity index (χ1) is 18.0. The molecule has 0 aromatic rings. The maximum atomic E-state index is 12.4. The van der Waals surface area contributed by atoms with E-state index in [1.165, 1.54) is 44.9 Å². The standard InChI is InChI=1S/C32H56O6/c1-19(2)8-6-9-20(3)22-11-12-23-21-13-17-32(36)26(38-29-28(35)27(34)25(18-33)37-29)10-7-15-31(32,5)24(21)14-16-30(22,23)4/h19-29,33-36H,6-18H2,1-5H3/t20-,21+,22-,23+,24+,25+,26+,27+,28-,29+,30-,31-,32-/m1/s1. The number of hydrogen-bond donors (Lipinski definition) is 4. The summed E-state index contributed by atoms with van der Waals surface area (Å²) in [5.41, 5.74) is -0.765. The predicted octanol–water partition coefficient (Wildman–Crippen LogP) is 5.05. The molecule has 4 N–H and O–H groups in total. The summed E-state index contributed by atoms with van der Waals surface area (Å²) in [5.74, 6) is 4.31. The zero-order valence-electron chi connectivity index (χ0n) is 24.6. The number of fused-ring (bicyclic) bond motifs is 5. The normalized spacial score (nSPS) is 51.5. The van der Waals surface area contributed by atoms with Gasteiger partial charge in [0, 0.05) is 5.41 Å². The molecule has 4 saturated carbocycles. The molecule has 220 valence electrons. The first kappa shape index (κ1) is 29.3. The van der Waals surface area contributed by atoms with Crippen molar-refractivity contribution in [3.8, 4) is 0 Å². The Morgan fingerprint density at radius 1 is 0.895 bits per heavy atom. The molecule has 6 heteroatoms. The Balaban J connectivity index is 1.30. The van der Waals surface area contributed by atoms with Crippen LogP contribution in [0.5, 0.6) is 0 Å². The van der Waals surface area contributed by atoms with Crippen LogP contribution in [-0.2, 0) is 9.47 Å². The average molecular weight is 537 g/mol. The predicted molar refractivity (Wildman–Crippen MR) is 147 cm³/mol. The second-order valence-corrected chi connectivity index (χ2v) is 15.0. The van der Waals surface area contributed by atoms with Gasteiger partial charge in [-0.25, -0.2) is 0 Å². The van der Waals surface area contributed by atoms with Crippen LogP contribution in [0.3, 0.4) is 0 Å². The number of aliphatic hydroxyl groups excluding tert-OH is 3. The van der Waals surface area contributed by atoms with E-state index in [4.69, 9.17) is 9.47 Å². The smallest absolute Gasteiger partial charge is 0.187 e. The van der Waals surface area contributed by atoms with Crippen molar-refractivity contribution in [2.75, 3.05) is 6.61 Å². The van der Waals surface area contributed by atoms with Gasteiger partial charge in [-0.2, -0.15) is 0 Å². The zero-order valence-corrected chi connectivity index (χ0v) is 24.6. The quantitative estimate of drug-likeness (QED) is 0.347. The van der Waals surface area contributed by atoms with E-state index in [0.717, 1.165) is 55.8 Å². The van der Waals surface area contributed by atoms with Crippen LogP contribution in [0.2, 0.25) is 0 Å². The molecule has 38 heavy (non-hydrogen) atoms. The molecule has 0 unspecified atom stereocenters. The molecule has 0 bridgehead atoms. The van der Waals surface area contributed by atoms with Crippen molar-refractivity contribution in [3.05, 3.63) is 0 Å². The minimum absolute atomic E-state index is 0.223. The highest BCUT2D eigenvalue weighted by atomic mass is 16.7. The monoisotopic (exact) mass is 536 g/mol. The van der Waals surface area contributed by atoms with E-state index in [0.29, 0.717) is 17.3 Å². The Labute approximate surface area is 230 Å². The molecule has 5 fully saturated rings. The van der Waals surface area contributed by atoms with E-state index in [9.17, 15) is 20.4 Å². The number of hydrogen-bond acceptors (Lipinski definition) is 6. The molecule has 1 aliphatic heterocycles. The van der Waals surface area contributed by atoms with Crippen molar-refractivity contribution in [1.82, 2.24) is 0 Å². The van der Waals surface area contributed by atoms with Crippen LogP contribution in [0.1, 0.15) is 112 Å². The van der Waals surface area contributed by atoms with Crippen LogP contribution in [0, 0.1) is 46.3 Å². The van der Waals surface area contributed by atoms with Gasteiger partial charge < -0.3 is 29.9 Å². The second kappa shape index (κ2) is 10.9. The maximum Gasteiger partial charge on any atom is 0.187 e. The molecule has 0 aromatic heterocycles. The van der Waals surface area contributed by atoms with Gasteiger partial charge in [-0.1, -0.05) is 60.3 Å². The van der Waals surface area contributed by atoms with Gasteiger partial charge in [-0.05, 0) is 92.3 Å². The van der Waals surface area contributed by atoms with Gasteiger partial charge in [0.2, 0.25) is 0 Å². The Hall–Kier alpha value is -0.240. The molecule has 0 radical (unpaired) electrons. The lowest BCUT2D eigenvalue weighted by Gasteiger charge is -2.65. The summed E-state index contributed by atoms with van der Waals surface area (Å²) < 4.78 is 12.0. The molecule has 5 rings (SSSR count). The van der Waals surface area contributed by atoms with Crippen molar-refractivity contribution in [2.24, 2.45) is 46.3 Å². The SMILES string of the molecule is CC(C)CCC[C@@H](C)[C@H]1CC[C@H]2[C@@H]3CC[C@@]4(O)[C@@H](O[C@@H]5O[C@@H](CO)[C@H](O)[C@H]5O)CCC[C@]4(C)[C@H]3CC[C@]12C. The molecule has 5 aliphatic rings. The highest BCUT2D eigenvalue weighted by Crippen LogP contribution is 2.69. The van der Waals surface area contributed by atoms with E-state index < -0.39 is 36.3 Å². The van der Waals surface area contributed by atoms with Gasteiger partial charge in [0.05, 0.1) is 18.3 Å². The molecule has 13 atom stereocenters. The van der Waals surface area contributed by atoms with Gasteiger partial charge in [0.15, 0.2) is 6.29 Å². The zero-order chi connectivity index (χ0) is 27.5. The summed E-state index contributed by atoms with van der Waals surface area (Å²) in [5, 5.41) is 42.6. The van der Waals surface area contributed by atoms with E-state index in [1.54, 1.807) is 0 Å². The van der Waals surface area contributed by atoms with Crippen LogP contribution in [0.4, 0.5) is 0 Å². The van der Waals surface area contributed by atoms with Crippen molar-refractivity contribution < 1.29 is 29.9 Å². The van der Waals surface area contributed by atoms with Gasteiger partial charge in [-0.15, -0.1) is 0 Å². The lowest BCUT2D eigenvalue weighted by Crippen LogP contribution is -2.67. The van der Waals surface area contributed by atoms with E-state index in [-0.39, 0.29) is 12.0 Å². The first-order valence-electron chi connectivity index (χ1n) is 16.0. The fourth-order valence-electron chi connectivity index (χ4n) is 10.6. The fraction of sp³-hybridized carbons (Fsp3) is 1.00. The Morgan fingerprint density at radius 2 is 1.66 bits per heavy atom. The third-order valence-corrected chi connectivity index (χ3v) is 12.8. The molecular weight excluding hydrogens is 480 g/mol. The van der Waals surface area contributed by atoms with Crippen LogP contribution >= 0.6 is 0 Å². The highest BCUT2D eigenvalue weighted by Gasteiger charge is 2.67. The molecule has 1 saturated heterocycles. The van der Waals surface area contributed by atoms with Gasteiger partial charge in [0.1, 0.15) is 18.3 Å². The summed E-state index contributed by atoms with van der Waals surface area (Å²) >= 11 is 0. The van der Waals surface area contributed by atoms with Gasteiger partial charge in [0.25, 0.3) is 0 Å². The third kappa shape index (κ3) is 4.61. The summed E-state index contributed by atoms with van der Waals surface area (Å²) in [6.07, 6.45) is 9.02. The lowest BCUT2D eigenvalue weighted by molar-refractivity contribution is -0.295. The summed E-state index contributed by atoms with van der Waals surface area (Å²) in [4.78, 5) is 0. The maximum absolute atomic E-state index is 12.4. The Kier molecular flexibility index (Phi) is 8.37. The van der Waals surface area contributed by atoms with Crippen molar-refractivity contribution in [3.63, 3.8) is 0 Å². The Bertz CT molecular complexity index is 820. The van der Waals surface area contributed by atoms with Crippen LogP contribution in [0.25, 0.3) is 0 Å². The Morgan fingerprint density at radius 3 is 2.34 bits per heavy atom. The molecule has 0 spiro atoms. The topological polar surface area (TPSA) is 99.4 Å². The van der Waals surface area contributed by atoms with Crippen LogP contribution in [0.15, 0.2) is 0 Å². The van der Waals surface area contributed by atoms with Crippen molar-refractivity contribution in [1.29, 1.82) is 0 Å². The fourth-order valence-corrected chi connectivity index (χ4v) is 10.6. The minimum Gasteiger partial charge on any atom is -0.394 e. The summed E-state index contributed by atoms with van der Waals surface area (Å²) in [7, 11) is 0. The number of rotatable bonds is 8. The second-order valence-electron chi connectivity index (χ2n) is 15.0. The third-order valence-electron chi connectivity index (χ3n) is 12.8. The first-order valence-corrected chi connectivity index (χ1v) is 16.0. The molecular formula is C32H56O6. The molecule has 6 nitrogen and oxygen atoms in total. The van der Waals surface area contributed by atoms with Gasteiger partial charge >= 0.3 is 0 Å². The van der Waals surface area contributed by atoms with Crippen molar-refractivity contribution in [2.45, 2.75) is 148 Å². The molecule has 0 aromatic carbocycles. The highest BCUT2D eigenvalue weighted by molar-refractivity contribution is 5.16. The molecule has 0 amide bonds. The average Bonchev–Trinajstić information content (AvgIpc) is 3.36. The largest absolute Gasteiger partial charge is 0.394 e.